The van der Waals surface area contributed by atoms with Crippen LogP contribution >= 0.6 is 0 Å². The van der Waals surface area contributed by atoms with Crippen molar-refractivity contribution in [1.29, 1.82) is 0 Å². The highest BCUT2D eigenvalue weighted by Gasteiger charge is 2.19. The van der Waals surface area contributed by atoms with Crippen molar-refractivity contribution in [1.82, 2.24) is 34.5 Å². The van der Waals surface area contributed by atoms with Crippen molar-refractivity contribution in [3.05, 3.63) is 71.9 Å². The van der Waals surface area contributed by atoms with Crippen molar-refractivity contribution < 1.29 is 13.0 Å². The van der Waals surface area contributed by atoms with Gasteiger partial charge >= 0.3 is 0 Å². The van der Waals surface area contributed by atoms with E-state index in [-0.39, 0.29) is 10.6 Å². The fourth-order valence-electron chi connectivity index (χ4n) is 4.29. The van der Waals surface area contributed by atoms with Gasteiger partial charge < -0.3 is 15.2 Å². The van der Waals surface area contributed by atoms with Gasteiger partial charge in [-0.2, -0.15) is 5.10 Å². The predicted molar refractivity (Wildman–Crippen MR) is 136 cm³/mol. The number of pyridine rings is 2. The van der Waals surface area contributed by atoms with Crippen LogP contribution in [0.15, 0.2) is 54.9 Å². The number of hydrogen-bond acceptors (Lipinski definition) is 7. The first kappa shape index (κ1) is 16.5. The van der Waals surface area contributed by atoms with E-state index in [1.54, 1.807) is 24.5 Å². The number of hydrogen-bond donors (Lipinski definition) is 1. The lowest BCUT2D eigenvalue weighted by Gasteiger charge is -2.26. The molecule has 2 N–H and O–H groups in total. The zero-order chi connectivity index (χ0) is 29.5. The van der Waals surface area contributed by atoms with Gasteiger partial charge in [-0.15, -0.1) is 5.10 Å². The highest BCUT2D eigenvalue weighted by atomic mass is 16.2. The van der Waals surface area contributed by atoms with Crippen LogP contribution in [0.3, 0.4) is 0 Å². The van der Waals surface area contributed by atoms with Crippen LogP contribution in [0.1, 0.15) is 36.5 Å². The summed E-state index contributed by atoms with van der Waals surface area (Å²) >= 11 is 0. The highest BCUT2D eigenvalue weighted by Crippen LogP contribution is 2.30. The molecular formula is C26H28N8O. The summed E-state index contributed by atoms with van der Waals surface area (Å²) in [6.45, 7) is -4.17. The molecule has 35 heavy (non-hydrogen) atoms. The van der Waals surface area contributed by atoms with E-state index in [9.17, 15) is 4.79 Å². The average molecular weight is 475 g/mol. The Hall–Kier alpha value is -4.11. The van der Waals surface area contributed by atoms with E-state index >= 15 is 0 Å². The number of nitrogen functional groups attached to an aromatic ring is 1. The first-order chi connectivity index (χ1) is 19.3. The Morgan fingerprint density at radius 1 is 1.17 bits per heavy atom. The number of aryl methyl sites for hydroxylation is 1. The summed E-state index contributed by atoms with van der Waals surface area (Å²) in [5, 5.41) is 8.97. The van der Waals surface area contributed by atoms with Crippen LogP contribution < -0.4 is 5.73 Å². The third-order valence-corrected chi connectivity index (χ3v) is 6.22. The van der Waals surface area contributed by atoms with Gasteiger partial charge in [0.1, 0.15) is 11.5 Å². The highest BCUT2D eigenvalue weighted by molar-refractivity contribution is 5.94. The number of nitrogens with zero attached hydrogens (tertiary/aromatic N) is 7. The quantitative estimate of drug-likeness (QED) is 0.474. The van der Waals surface area contributed by atoms with E-state index in [1.165, 1.54) is 6.07 Å². The Kier molecular flexibility index (Phi) is 4.37. The molecule has 0 aromatic carbocycles. The monoisotopic (exact) mass is 474 g/mol. The van der Waals surface area contributed by atoms with Gasteiger partial charge in [-0.25, -0.2) is 9.97 Å². The largest absolute Gasteiger partial charge is 0.384 e. The molecule has 0 saturated heterocycles. The van der Waals surface area contributed by atoms with Crippen molar-refractivity contribution >= 4 is 28.3 Å². The fourth-order valence-corrected chi connectivity index (χ4v) is 4.29. The molecule has 1 aliphatic heterocycles. The third-order valence-electron chi connectivity index (χ3n) is 6.22. The second kappa shape index (κ2) is 9.27. The molecule has 4 aromatic heterocycles. The summed E-state index contributed by atoms with van der Waals surface area (Å²) in [5.41, 5.74) is 10.9. The number of anilines is 1. The summed E-state index contributed by atoms with van der Waals surface area (Å²) in [6, 6.07) is 10.7. The lowest BCUT2D eigenvalue weighted by molar-refractivity contribution is 0.0820. The minimum Gasteiger partial charge on any atom is -0.384 e. The Morgan fingerprint density at radius 2 is 2.06 bits per heavy atom. The smallest absolute Gasteiger partial charge is 0.273 e. The molecule has 0 saturated carbocycles. The van der Waals surface area contributed by atoms with Crippen molar-refractivity contribution in [2.75, 3.05) is 32.8 Å². The van der Waals surface area contributed by atoms with Crippen LogP contribution in [0.2, 0.25) is 0 Å². The average Bonchev–Trinajstić information content (AvgIpc) is 3.23. The zero-order valence-electron chi connectivity index (χ0n) is 25.1. The van der Waals surface area contributed by atoms with E-state index in [1.807, 2.05) is 25.3 Å². The molecule has 9 nitrogen and oxygen atoms in total. The van der Waals surface area contributed by atoms with Gasteiger partial charge in [0.2, 0.25) is 0 Å². The molecule has 5 heterocycles. The molecule has 0 fully saturated rings. The van der Waals surface area contributed by atoms with Gasteiger partial charge in [-0.1, -0.05) is 6.08 Å². The van der Waals surface area contributed by atoms with E-state index < -0.39 is 19.9 Å². The first-order valence-electron chi connectivity index (χ1n) is 14.1. The van der Waals surface area contributed by atoms with Crippen molar-refractivity contribution in [3.63, 3.8) is 0 Å². The molecule has 5 rings (SSSR count). The molecule has 0 spiro atoms. The van der Waals surface area contributed by atoms with Gasteiger partial charge in [0.25, 0.3) is 5.91 Å². The van der Waals surface area contributed by atoms with Crippen LogP contribution in [0.5, 0.6) is 0 Å². The van der Waals surface area contributed by atoms with Gasteiger partial charge in [0.05, 0.1) is 5.69 Å². The van der Waals surface area contributed by atoms with Crippen LogP contribution in [-0.4, -0.2) is 67.5 Å². The van der Waals surface area contributed by atoms with Gasteiger partial charge in [-0.3, -0.25) is 9.69 Å². The summed E-state index contributed by atoms with van der Waals surface area (Å²) in [5.74, 6) is -0.762. The number of nitrogens with two attached hydrogens (primary N) is 1. The number of amides is 1. The molecule has 0 bridgehead atoms. The first-order valence-corrected chi connectivity index (χ1v) is 11.1. The number of aromatic nitrogens is 5. The number of carbonyl (C=O) groups excluding carboxylic acids is 1. The van der Waals surface area contributed by atoms with E-state index in [0.29, 0.717) is 31.0 Å². The van der Waals surface area contributed by atoms with Gasteiger partial charge in [-0.05, 0) is 54.0 Å². The summed E-state index contributed by atoms with van der Waals surface area (Å²) in [6.07, 6.45) is 6.27. The normalized spacial score (nSPS) is 17.5. The Morgan fingerprint density at radius 3 is 2.74 bits per heavy atom. The van der Waals surface area contributed by atoms with Gasteiger partial charge in [0.15, 0.2) is 5.69 Å². The van der Waals surface area contributed by atoms with E-state index in [2.05, 4.69) is 35.7 Å². The summed E-state index contributed by atoms with van der Waals surface area (Å²) in [7, 11) is 2.00. The number of carbonyl (C=O) groups is 1. The Balaban J connectivity index is 1.30. The van der Waals surface area contributed by atoms with Crippen molar-refractivity contribution in [2.24, 2.45) is 7.05 Å². The van der Waals surface area contributed by atoms with Crippen LogP contribution in [-0.2, 0) is 13.6 Å². The maximum Gasteiger partial charge on any atom is 0.273 e. The van der Waals surface area contributed by atoms with Crippen LogP contribution in [0, 0.1) is 0 Å². The molecule has 0 unspecified atom stereocenters. The second-order valence-electron chi connectivity index (χ2n) is 8.42. The lowest BCUT2D eigenvalue weighted by atomic mass is 10.0. The maximum absolute atomic E-state index is 12.6. The molecule has 0 radical (unpaired) electrons. The SMILES string of the molecule is [2H]C([2H])([2H])N(C(=O)c1ccc(C2=CCN(Cc3cc4c(-c5ccc(N)nc5)ccnc4n3C)CC2)nn1)C([2H])([2H])[2H]. The number of rotatable bonds is 5. The maximum atomic E-state index is 12.6. The predicted octanol–water partition coefficient (Wildman–Crippen LogP) is 3.00. The number of fused-ring (bicyclic) bond motifs is 1. The van der Waals surface area contributed by atoms with Crippen LogP contribution in [0.4, 0.5) is 5.82 Å². The second-order valence-corrected chi connectivity index (χ2v) is 8.42. The van der Waals surface area contributed by atoms with Gasteiger partial charge in [0, 0.05) is 77.9 Å². The molecule has 4 aromatic rings. The summed E-state index contributed by atoms with van der Waals surface area (Å²) < 4.78 is 46.7. The molecule has 9 heteroatoms. The fraction of sp³-hybridized carbons (Fsp3) is 0.269. The molecule has 178 valence electrons. The molecule has 0 aliphatic carbocycles. The van der Waals surface area contributed by atoms with Crippen LogP contribution in [0.25, 0.3) is 27.7 Å². The lowest BCUT2D eigenvalue weighted by Crippen LogP contribution is -2.29. The summed E-state index contributed by atoms with van der Waals surface area (Å²) in [4.78, 5) is 23.6. The Bertz CT molecular complexity index is 1600. The topological polar surface area (TPSA) is 106 Å². The minimum atomic E-state index is -3.15. The minimum absolute atomic E-state index is 0.125. The zero-order valence-corrected chi connectivity index (χ0v) is 19.1. The Labute approximate surface area is 212 Å². The molecular weight excluding hydrogens is 440 g/mol. The molecule has 1 aliphatic rings. The molecule has 0 atom stereocenters. The van der Waals surface area contributed by atoms with E-state index in [4.69, 9.17) is 14.0 Å². The molecule has 1 amide bonds. The van der Waals surface area contributed by atoms with Crippen molar-refractivity contribution in [2.45, 2.75) is 13.0 Å². The van der Waals surface area contributed by atoms with E-state index in [0.717, 1.165) is 40.0 Å². The standard InChI is InChI=1S/C26H28N8O/c1-32(2)26(35)23-6-5-22(30-31-23)17-9-12-34(13-10-17)16-19-14-21-20(8-11-28-25(21)33(19)3)18-4-7-24(27)29-15-18/h4-9,11,14-15H,10,12-13,16H2,1-3H3,(H2,27,29)/i1D3,2D3. The van der Waals surface area contributed by atoms with Crippen molar-refractivity contribution in [3.8, 4) is 11.1 Å². The third kappa shape index (κ3) is 4.50.